The van der Waals surface area contributed by atoms with Gasteiger partial charge >= 0.3 is 11.9 Å². The van der Waals surface area contributed by atoms with Crippen molar-refractivity contribution in [2.24, 2.45) is 0 Å². The third kappa shape index (κ3) is 5.95. The first-order valence-corrected chi connectivity index (χ1v) is 11.2. The zero-order valence-corrected chi connectivity index (χ0v) is 19.0. The summed E-state index contributed by atoms with van der Waals surface area (Å²) in [6.45, 7) is 2.08. The fourth-order valence-electron chi connectivity index (χ4n) is 3.34. The van der Waals surface area contributed by atoms with E-state index in [1.807, 2.05) is 11.8 Å². The van der Waals surface area contributed by atoms with Crippen molar-refractivity contribution in [3.8, 4) is 0 Å². The maximum Gasteiger partial charge on any atom is 0.326 e. The van der Waals surface area contributed by atoms with Crippen molar-refractivity contribution in [3.63, 3.8) is 0 Å². The molecular formula is C22H23FN4O6S. The average Bonchev–Trinajstić information content (AvgIpc) is 3.30. The molecule has 3 rings (SSSR count). The Morgan fingerprint density at radius 3 is 2.65 bits per heavy atom. The first kappa shape index (κ1) is 24.8. The molecule has 0 aliphatic carbocycles. The standard InChI is InChI=1S/C22H23FN4O6S/c1-2-27(11-12-3-4-14-13(9-12)20(30)26-17(10-23)24-14)18-7-6-16(34-18)21(31)25-15(22(32)33)5-8-19(28)29/h3-4,6-7,9,15H,2,5,8,10-11H2,1H3,(H,25,31)(H,28,29)(H,32,33)(H,24,26,30)/t15-/m1/s1. The number of fused-ring (bicyclic) bond motifs is 1. The fraction of sp³-hybridized carbons (Fsp3) is 0.318. The number of hydrogen-bond donors (Lipinski definition) is 4. The molecule has 0 fully saturated rings. The van der Waals surface area contributed by atoms with Crippen molar-refractivity contribution in [2.45, 2.75) is 39.0 Å². The number of carboxylic acids is 2. The third-order valence-electron chi connectivity index (χ3n) is 5.08. The molecule has 1 amide bonds. The lowest BCUT2D eigenvalue weighted by Crippen LogP contribution is -2.40. The van der Waals surface area contributed by atoms with Gasteiger partial charge in [0.1, 0.15) is 18.5 Å². The first-order chi connectivity index (χ1) is 16.2. The van der Waals surface area contributed by atoms with Crippen LogP contribution in [-0.4, -0.2) is 50.6 Å². The Morgan fingerprint density at radius 1 is 1.24 bits per heavy atom. The summed E-state index contributed by atoms with van der Waals surface area (Å²) in [6.07, 6.45) is -0.603. The minimum Gasteiger partial charge on any atom is -0.481 e. The molecule has 10 nitrogen and oxygen atoms in total. The summed E-state index contributed by atoms with van der Waals surface area (Å²) in [6, 6.07) is 7.14. The van der Waals surface area contributed by atoms with Gasteiger partial charge in [-0.2, -0.15) is 0 Å². The number of carboxylic acid groups (broad SMARTS) is 2. The summed E-state index contributed by atoms with van der Waals surface area (Å²) in [7, 11) is 0. The van der Waals surface area contributed by atoms with Crippen LogP contribution in [-0.2, 0) is 22.8 Å². The molecule has 180 valence electrons. The molecule has 0 aliphatic heterocycles. The summed E-state index contributed by atoms with van der Waals surface area (Å²) < 4.78 is 12.8. The second-order valence-electron chi connectivity index (χ2n) is 7.45. The third-order valence-corrected chi connectivity index (χ3v) is 6.22. The maximum atomic E-state index is 12.8. The Bertz CT molecular complexity index is 1270. The number of carbonyl (C=O) groups excluding carboxylic acids is 1. The lowest BCUT2D eigenvalue weighted by Gasteiger charge is -2.21. The normalized spacial score (nSPS) is 11.8. The second kappa shape index (κ2) is 10.9. The highest BCUT2D eigenvalue weighted by molar-refractivity contribution is 7.18. The number of aromatic amines is 1. The number of nitrogens with zero attached hydrogens (tertiary/aromatic N) is 2. The molecule has 0 saturated carbocycles. The molecular weight excluding hydrogens is 467 g/mol. The SMILES string of the molecule is CCN(Cc1ccc2nc(CF)[nH]c(=O)c2c1)c1ccc(C(=O)N[C@H](CCC(=O)O)C(=O)O)s1. The minimum atomic E-state index is -1.31. The molecule has 2 heterocycles. The van der Waals surface area contributed by atoms with Gasteiger partial charge in [0.25, 0.3) is 11.5 Å². The van der Waals surface area contributed by atoms with Crippen molar-refractivity contribution >= 4 is 45.1 Å². The Hall–Kier alpha value is -3.80. The maximum absolute atomic E-state index is 12.8. The van der Waals surface area contributed by atoms with E-state index in [0.29, 0.717) is 24.0 Å². The highest BCUT2D eigenvalue weighted by Gasteiger charge is 2.23. The summed E-state index contributed by atoms with van der Waals surface area (Å²) in [5.41, 5.74) is 0.788. The number of aromatic nitrogens is 2. The van der Waals surface area contributed by atoms with Crippen LogP contribution in [0.3, 0.4) is 0 Å². The van der Waals surface area contributed by atoms with E-state index in [2.05, 4.69) is 15.3 Å². The number of rotatable bonds is 11. The number of nitrogens with one attached hydrogen (secondary N) is 2. The highest BCUT2D eigenvalue weighted by Crippen LogP contribution is 2.28. The largest absolute Gasteiger partial charge is 0.481 e. The van der Waals surface area contributed by atoms with Crippen molar-refractivity contribution in [1.29, 1.82) is 0 Å². The van der Waals surface area contributed by atoms with Crippen LogP contribution < -0.4 is 15.8 Å². The van der Waals surface area contributed by atoms with E-state index in [0.717, 1.165) is 10.6 Å². The second-order valence-corrected chi connectivity index (χ2v) is 8.51. The molecule has 1 aromatic carbocycles. The molecule has 0 saturated heterocycles. The van der Waals surface area contributed by atoms with E-state index in [1.165, 1.54) is 11.3 Å². The molecule has 1 atom stereocenters. The van der Waals surface area contributed by atoms with E-state index in [1.54, 1.807) is 30.3 Å². The number of benzene rings is 1. The van der Waals surface area contributed by atoms with Gasteiger partial charge in [0.2, 0.25) is 0 Å². The van der Waals surface area contributed by atoms with Crippen LogP contribution in [0, 0.1) is 0 Å². The highest BCUT2D eigenvalue weighted by atomic mass is 32.1. The first-order valence-electron chi connectivity index (χ1n) is 10.4. The van der Waals surface area contributed by atoms with Gasteiger partial charge in [0.15, 0.2) is 0 Å². The van der Waals surface area contributed by atoms with Crippen LogP contribution in [0.2, 0.25) is 0 Å². The number of amides is 1. The number of anilines is 1. The summed E-state index contributed by atoms with van der Waals surface area (Å²) in [4.78, 5) is 55.6. The molecule has 0 radical (unpaired) electrons. The van der Waals surface area contributed by atoms with E-state index in [-0.39, 0.29) is 23.5 Å². The number of carbonyl (C=O) groups is 3. The van der Waals surface area contributed by atoms with Crippen LogP contribution in [0.5, 0.6) is 0 Å². The molecule has 0 aliphatic rings. The van der Waals surface area contributed by atoms with Gasteiger partial charge in [-0.3, -0.25) is 14.4 Å². The van der Waals surface area contributed by atoms with Gasteiger partial charge in [-0.15, -0.1) is 11.3 Å². The molecule has 34 heavy (non-hydrogen) atoms. The van der Waals surface area contributed by atoms with Crippen molar-refractivity contribution in [3.05, 3.63) is 57.0 Å². The molecule has 4 N–H and O–H groups in total. The number of alkyl halides is 1. The summed E-state index contributed by atoms with van der Waals surface area (Å²) >= 11 is 1.17. The van der Waals surface area contributed by atoms with Crippen molar-refractivity contribution in [1.82, 2.24) is 15.3 Å². The van der Waals surface area contributed by atoms with Crippen LogP contribution in [0.25, 0.3) is 10.9 Å². The quantitative estimate of drug-likeness (QED) is 0.320. The predicted octanol–water partition coefficient (Wildman–Crippen LogP) is 2.53. The van der Waals surface area contributed by atoms with E-state index in [9.17, 15) is 28.7 Å². The average molecular weight is 491 g/mol. The zero-order chi connectivity index (χ0) is 24.8. The van der Waals surface area contributed by atoms with Crippen LogP contribution in [0.4, 0.5) is 9.39 Å². The van der Waals surface area contributed by atoms with Gasteiger partial charge in [0, 0.05) is 19.5 Å². The number of halogens is 1. The van der Waals surface area contributed by atoms with Gasteiger partial charge in [-0.25, -0.2) is 14.2 Å². The summed E-state index contributed by atoms with van der Waals surface area (Å²) in [5, 5.41) is 21.5. The lowest BCUT2D eigenvalue weighted by molar-refractivity contribution is -0.140. The summed E-state index contributed by atoms with van der Waals surface area (Å²) in [5.74, 6) is -3.08. The van der Waals surface area contributed by atoms with Gasteiger partial charge < -0.3 is 25.4 Å². The van der Waals surface area contributed by atoms with E-state index < -0.39 is 36.1 Å². The monoisotopic (exact) mass is 490 g/mol. The number of hydrogen-bond acceptors (Lipinski definition) is 7. The van der Waals surface area contributed by atoms with Gasteiger partial charge in [-0.1, -0.05) is 6.07 Å². The lowest BCUT2D eigenvalue weighted by atomic mass is 10.1. The Morgan fingerprint density at radius 2 is 2.00 bits per heavy atom. The van der Waals surface area contributed by atoms with Gasteiger partial charge in [-0.05, 0) is 43.2 Å². The number of H-pyrrole nitrogens is 1. The van der Waals surface area contributed by atoms with Crippen molar-refractivity contribution in [2.75, 3.05) is 11.4 Å². The number of thiophene rings is 1. The molecule has 0 bridgehead atoms. The molecule has 0 spiro atoms. The fourth-order valence-corrected chi connectivity index (χ4v) is 4.31. The Balaban J connectivity index is 1.74. The molecule has 2 aromatic heterocycles. The predicted molar refractivity (Wildman–Crippen MR) is 124 cm³/mol. The van der Waals surface area contributed by atoms with Crippen LogP contribution in [0.1, 0.15) is 40.8 Å². The van der Waals surface area contributed by atoms with E-state index >= 15 is 0 Å². The van der Waals surface area contributed by atoms with Crippen molar-refractivity contribution < 1.29 is 29.0 Å². The Kier molecular flexibility index (Phi) is 7.95. The molecule has 12 heteroatoms. The topological polar surface area (TPSA) is 153 Å². The zero-order valence-electron chi connectivity index (χ0n) is 18.2. The Labute approximate surface area is 197 Å². The van der Waals surface area contributed by atoms with Crippen LogP contribution >= 0.6 is 11.3 Å². The minimum absolute atomic E-state index is 0.0297. The van der Waals surface area contributed by atoms with Gasteiger partial charge in [0.05, 0.1) is 20.8 Å². The molecule has 3 aromatic rings. The smallest absolute Gasteiger partial charge is 0.326 e. The number of aliphatic carboxylic acids is 2. The van der Waals surface area contributed by atoms with E-state index in [4.69, 9.17) is 5.11 Å². The molecule has 0 unspecified atom stereocenters. The van der Waals surface area contributed by atoms with Crippen LogP contribution in [0.15, 0.2) is 35.1 Å².